The number of nitrogens with zero attached hydrogens (tertiary/aromatic N) is 2. The van der Waals surface area contributed by atoms with Gasteiger partial charge in [-0.2, -0.15) is 0 Å². The van der Waals surface area contributed by atoms with Gasteiger partial charge in [0, 0.05) is 25.2 Å². The molecule has 16 heavy (non-hydrogen) atoms. The smallest absolute Gasteiger partial charge is 0.236 e. The van der Waals surface area contributed by atoms with Gasteiger partial charge in [0.2, 0.25) is 5.91 Å². The summed E-state index contributed by atoms with van der Waals surface area (Å²) in [7, 11) is 2.18. The van der Waals surface area contributed by atoms with E-state index < -0.39 is 0 Å². The van der Waals surface area contributed by atoms with Crippen molar-refractivity contribution in [1.82, 2.24) is 9.80 Å². The van der Waals surface area contributed by atoms with Gasteiger partial charge in [-0.05, 0) is 39.7 Å². The fourth-order valence-corrected chi connectivity index (χ4v) is 2.98. The van der Waals surface area contributed by atoms with Crippen molar-refractivity contribution in [2.24, 2.45) is 0 Å². The number of likely N-dealkylation sites (N-methyl/N-ethyl adjacent to an activating group) is 1. The number of halogens is 1. The molecule has 0 N–H and O–H groups in total. The Kier molecular flexibility index (Phi) is 3.90. The van der Waals surface area contributed by atoms with Crippen LogP contribution in [0, 0.1) is 0 Å². The summed E-state index contributed by atoms with van der Waals surface area (Å²) in [6.07, 6.45) is 4.77. The molecular formula is C12H21BrN2O. The van der Waals surface area contributed by atoms with Gasteiger partial charge in [-0.15, -0.1) is 0 Å². The lowest BCUT2D eigenvalue weighted by molar-refractivity contribution is -0.133. The van der Waals surface area contributed by atoms with Gasteiger partial charge in [0.1, 0.15) is 0 Å². The highest BCUT2D eigenvalue weighted by molar-refractivity contribution is 9.10. The zero-order valence-electron chi connectivity index (χ0n) is 10.2. The Morgan fingerprint density at radius 1 is 1.50 bits per heavy atom. The van der Waals surface area contributed by atoms with Crippen LogP contribution < -0.4 is 0 Å². The highest BCUT2D eigenvalue weighted by Gasteiger charge is 2.32. The van der Waals surface area contributed by atoms with Crippen molar-refractivity contribution >= 4 is 21.8 Å². The zero-order chi connectivity index (χ0) is 11.7. The zero-order valence-corrected chi connectivity index (χ0v) is 11.7. The average Bonchev–Trinajstić information content (AvgIpc) is 3.07. The highest BCUT2D eigenvalue weighted by Crippen LogP contribution is 2.27. The number of hydrogen-bond acceptors (Lipinski definition) is 2. The molecule has 0 aromatic carbocycles. The van der Waals surface area contributed by atoms with Crippen molar-refractivity contribution in [2.75, 3.05) is 20.1 Å². The molecule has 1 aliphatic carbocycles. The van der Waals surface area contributed by atoms with E-state index in [-0.39, 0.29) is 10.7 Å². The first-order valence-electron chi connectivity index (χ1n) is 6.24. The Hall–Kier alpha value is -0.0900. The lowest BCUT2D eigenvalue weighted by Crippen LogP contribution is -2.48. The van der Waals surface area contributed by atoms with Gasteiger partial charge in [-0.3, -0.25) is 9.69 Å². The second kappa shape index (κ2) is 5.05. The number of carbonyl (C=O) groups is 1. The Bertz CT molecular complexity index is 268. The van der Waals surface area contributed by atoms with Crippen LogP contribution in [0.25, 0.3) is 0 Å². The minimum Gasteiger partial charge on any atom is -0.340 e. The first-order chi connectivity index (χ1) is 7.59. The van der Waals surface area contributed by atoms with Gasteiger partial charge >= 0.3 is 0 Å². The van der Waals surface area contributed by atoms with Crippen molar-refractivity contribution in [3.05, 3.63) is 0 Å². The summed E-state index contributed by atoms with van der Waals surface area (Å²) >= 11 is 3.46. The van der Waals surface area contributed by atoms with Crippen molar-refractivity contribution < 1.29 is 4.79 Å². The van der Waals surface area contributed by atoms with Gasteiger partial charge in [0.25, 0.3) is 0 Å². The van der Waals surface area contributed by atoms with E-state index in [0.29, 0.717) is 6.04 Å². The summed E-state index contributed by atoms with van der Waals surface area (Å²) in [5.41, 5.74) is 0. The van der Waals surface area contributed by atoms with Crippen molar-refractivity contribution in [3.8, 4) is 0 Å². The predicted molar refractivity (Wildman–Crippen MR) is 68.8 cm³/mol. The van der Waals surface area contributed by atoms with Crippen molar-refractivity contribution in [3.63, 3.8) is 0 Å². The third-order valence-corrected chi connectivity index (χ3v) is 4.62. The number of rotatable bonds is 4. The fourth-order valence-electron chi connectivity index (χ4n) is 2.36. The van der Waals surface area contributed by atoms with E-state index in [4.69, 9.17) is 0 Å². The maximum atomic E-state index is 11.9. The summed E-state index contributed by atoms with van der Waals surface area (Å²) in [4.78, 5) is 16.4. The van der Waals surface area contributed by atoms with Crippen LogP contribution >= 0.6 is 15.9 Å². The van der Waals surface area contributed by atoms with Crippen LogP contribution in [0.5, 0.6) is 0 Å². The van der Waals surface area contributed by atoms with E-state index >= 15 is 0 Å². The van der Waals surface area contributed by atoms with Gasteiger partial charge in [0.05, 0.1) is 4.83 Å². The number of piperidine rings is 1. The summed E-state index contributed by atoms with van der Waals surface area (Å²) in [5, 5.41) is 0. The monoisotopic (exact) mass is 288 g/mol. The third-order valence-electron chi connectivity index (χ3n) is 3.77. The molecule has 4 heteroatoms. The molecule has 2 atom stereocenters. The first-order valence-corrected chi connectivity index (χ1v) is 7.16. The minimum atomic E-state index is 0.0553. The Morgan fingerprint density at radius 2 is 2.19 bits per heavy atom. The molecule has 2 aliphatic rings. The molecule has 1 amide bonds. The quantitative estimate of drug-likeness (QED) is 0.738. The van der Waals surface area contributed by atoms with Gasteiger partial charge in [0.15, 0.2) is 0 Å². The molecule has 1 heterocycles. The molecule has 0 spiro atoms. The molecule has 0 aromatic rings. The minimum absolute atomic E-state index is 0.0553. The van der Waals surface area contributed by atoms with Crippen LogP contribution in [-0.4, -0.2) is 52.8 Å². The lowest BCUT2D eigenvalue weighted by Gasteiger charge is -2.35. The molecule has 3 nitrogen and oxygen atoms in total. The molecule has 2 fully saturated rings. The van der Waals surface area contributed by atoms with E-state index in [9.17, 15) is 4.79 Å². The SMILES string of the molecule is CC(CN1CCCC(Br)C1=O)N(C)C1CC1. The van der Waals surface area contributed by atoms with Gasteiger partial charge < -0.3 is 4.90 Å². The number of likely N-dealkylation sites (tertiary alicyclic amines) is 1. The van der Waals surface area contributed by atoms with Crippen LogP contribution in [0.1, 0.15) is 32.6 Å². The molecule has 1 saturated heterocycles. The lowest BCUT2D eigenvalue weighted by atomic mass is 10.1. The van der Waals surface area contributed by atoms with Crippen LogP contribution in [0.3, 0.4) is 0 Å². The molecular weight excluding hydrogens is 268 g/mol. The van der Waals surface area contributed by atoms with E-state index in [1.807, 2.05) is 4.90 Å². The Morgan fingerprint density at radius 3 is 2.81 bits per heavy atom. The van der Waals surface area contributed by atoms with Crippen LogP contribution in [-0.2, 0) is 4.79 Å². The van der Waals surface area contributed by atoms with Gasteiger partial charge in [-0.25, -0.2) is 0 Å². The molecule has 2 rings (SSSR count). The molecule has 0 radical (unpaired) electrons. The summed E-state index contributed by atoms with van der Waals surface area (Å²) in [6, 6.07) is 1.25. The topological polar surface area (TPSA) is 23.6 Å². The molecule has 0 aromatic heterocycles. The number of amides is 1. The van der Waals surface area contributed by atoms with E-state index in [1.165, 1.54) is 12.8 Å². The Labute approximate surface area is 106 Å². The summed E-state index contributed by atoms with van der Waals surface area (Å²) in [5.74, 6) is 0.280. The molecule has 2 unspecified atom stereocenters. The summed E-state index contributed by atoms with van der Waals surface area (Å²) < 4.78 is 0. The average molecular weight is 289 g/mol. The van der Waals surface area contributed by atoms with Crippen LogP contribution in [0.4, 0.5) is 0 Å². The van der Waals surface area contributed by atoms with Crippen molar-refractivity contribution in [2.45, 2.75) is 49.5 Å². The molecule has 1 saturated carbocycles. The summed E-state index contributed by atoms with van der Waals surface area (Å²) in [6.45, 7) is 4.04. The third kappa shape index (κ3) is 2.77. The predicted octanol–water partition coefficient (Wildman–Crippen LogP) is 1.85. The number of hydrogen-bond donors (Lipinski definition) is 0. The van der Waals surface area contributed by atoms with Crippen LogP contribution in [0.15, 0.2) is 0 Å². The number of alkyl halides is 1. The highest BCUT2D eigenvalue weighted by atomic mass is 79.9. The van der Waals surface area contributed by atoms with Crippen LogP contribution in [0.2, 0.25) is 0 Å². The second-order valence-corrected chi connectivity index (χ2v) is 6.25. The van der Waals surface area contributed by atoms with E-state index in [1.54, 1.807) is 0 Å². The molecule has 0 bridgehead atoms. The van der Waals surface area contributed by atoms with Gasteiger partial charge in [-0.1, -0.05) is 15.9 Å². The van der Waals surface area contributed by atoms with E-state index in [2.05, 4.69) is 34.8 Å². The molecule has 92 valence electrons. The standard InChI is InChI=1S/C12H21BrN2O/c1-9(14(2)10-5-6-10)8-15-7-3-4-11(13)12(15)16/h9-11H,3-8H2,1-2H3. The number of carbonyl (C=O) groups excluding carboxylic acids is 1. The normalized spacial score (nSPS) is 28.6. The second-order valence-electron chi connectivity index (χ2n) is 5.14. The first kappa shape index (κ1) is 12.4. The maximum Gasteiger partial charge on any atom is 0.236 e. The fraction of sp³-hybridized carbons (Fsp3) is 0.917. The Balaban J connectivity index is 1.85. The molecule has 1 aliphatic heterocycles. The van der Waals surface area contributed by atoms with Crippen molar-refractivity contribution in [1.29, 1.82) is 0 Å². The van der Waals surface area contributed by atoms with E-state index in [0.717, 1.165) is 32.0 Å². The largest absolute Gasteiger partial charge is 0.340 e. The maximum absolute atomic E-state index is 11.9.